The molecular formula is C13H13ClN4. The van der Waals surface area contributed by atoms with Gasteiger partial charge in [0.2, 0.25) is 0 Å². The predicted molar refractivity (Wildman–Crippen MR) is 71.5 cm³/mol. The summed E-state index contributed by atoms with van der Waals surface area (Å²) in [4.78, 5) is 4.00. The van der Waals surface area contributed by atoms with Crippen LogP contribution in [0.1, 0.15) is 12.5 Å². The number of rotatable bonds is 4. The van der Waals surface area contributed by atoms with Gasteiger partial charge in [0.1, 0.15) is 6.07 Å². The Kier molecular flexibility index (Phi) is 3.85. The molecule has 0 amide bonds. The van der Waals surface area contributed by atoms with Crippen LogP contribution in [-0.4, -0.2) is 15.6 Å². The van der Waals surface area contributed by atoms with E-state index >= 15 is 0 Å². The Morgan fingerprint density at radius 3 is 3.00 bits per heavy atom. The average Bonchev–Trinajstić information content (AvgIpc) is 2.82. The van der Waals surface area contributed by atoms with Crippen molar-refractivity contribution < 1.29 is 0 Å². The van der Waals surface area contributed by atoms with Crippen molar-refractivity contribution in [3.8, 4) is 6.07 Å². The third-order valence-electron chi connectivity index (χ3n) is 2.55. The van der Waals surface area contributed by atoms with E-state index in [1.165, 1.54) is 0 Å². The molecule has 0 radical (unpaired) electrons. The summed E-state index contributed by atoms with van der Waals surface area (Å²) < 4.78 is 2.00. The van der Waals surface area contributed by atoms with Gasteiger partial charge >= 0.3 is 0 Å². The zero-order chi connectivity index (χ0) is 13.0. The molecule has 0 bridgehead atoms. The molecule has 1 aromatic carbocycles. The summed E-state index contributed by atoms with van der Waals surface area (Å²) in [6.07, 6.45) is 5.46. The molecule has 92 valence electrons. The van der Waals surface area contributed by atoms with Gasteiger partial charge in [0.05, 0.1) is 16.9 Å². The van der Waals surface area contributed by atoms with E-state index in [1.807, 2.05) is 22.9 Å². The molecule has 4 nitrogen and oxygen atoms in total. The van der Waals surface area contributed by atoms with Gasteiger partial charge in [0, 0.05) is 30.7 Å². The monoisotopic (exact) mass is 260 g/mol. The van der Waals surface area contributed by atoms with Crippen molar-refractivity contribution in [2.75, 3.05) is 5.32 Å². The van der Waals surface area contributed by atoms with E-state index in [4.69, 9.17) is 16.9 Å². The first-order valence-electron chi connectivity index (χ1n) is 5.61. The fraction of sp³-hybridized carbons (Fsp3) is 0.231. The smallest absolute Gasteiger partial charge is 0.101 e. The van der Waals surface area contributed by atoms with E-state index in [0.717, 1.165) is 12.2 Å². The van der Waals surface area contributed by atoms with E-state index in [2.05, 4.69) is 17.2 Å². The van der Waals surface area contributed by atoms with E-state index in [1.54, 1.807) is 24.7 Å². The van der Waals surface area contributed by atoms with Crippen molar-refractivity contribution in [2.24, 2.45) is 0 Å². The molecule has 1 aromatic heterocycles. The lowest BCUT2D eigenvalue weighted by Crippen LogP contribution is -2.21. The van der Waals surface area contributed by atoms with Crippen LogP contribution in [0.2, 0.25) is 5.02 Å². The Morgan fingerprint density at radius 2 is 2.39 bits per heavy atom. The van der Waals surface area contributed by atoms with Crippen molar-refractivity contribution >= 4 is 17.3 Å². The van der Waals surface area contributed by atoms with E-state index in [9.17, 15) is 0 Å². The van der Waals surface area contributed by atoms with Gasteiger partial charge in [-0.15, -0.1) is 0 Å². The zero-order valence-corrected chi connectivity index (χ0v) is 10.7. The highest BCUT2D eigenvalue weighted by molar-refractivity contribution is 6.32. The van der Waals surface area contributed by atoms with Gasteiger partial charge in [-0.2, -0.15) is 5.26 Å². The minimum absolute atomic E-state index is 0.239. The van der Waals surface area contributed by atoms with Crippen LogP contribution < -0.4 is 5.32 Å². The van der Waals surface area contributed by atoms with Crippen molar-refractivity contribution in [3.63, 3.8) is 0 Å². The Labute approximate surface area is 111 Å². The molecule has 0 saturated carbocycles. The molecule has 0 spiro atoms. The van der Waals surface area contributed by atoms with Gasteiger partial charge in [-0.25, -0.2) is 4.98 Å². The second-order valence-corrected chi connectivity index (χ2v) is 4.52. The number of anilines is 1. The molecule has 0 saturated heterocycles. The second kappa shape index (κ2) is 5.56. The summed E-state index contributed by atoms with van der Waals surface area (Å²) in [5.74, 6) is 0. The van der Waals surface area contributed by atoms with Crippen LogP contribution in [0.3, 0.4) is 0 Å². The lowest BCUT2D eigenvalue weighted by atomic mass is 10.2. The van der Waals surface area contributed by atoms with Gasteiger partial charge in [0.15, 0.2) is 0 Å². The van der Waals surface area contributed by atoms with Crippen molar-refractivity contribution in [1.29, 1.82) is 5.26 Å². The van der Waals surface area contributed by atoms with Crippen LogP contribution in [-0.2, 0) is 6.54 Å². The van der Waals surface area contributed by atoms with E-state index < -0.39 is 0 Å². The minimum atomic E-state index is 0.239. The van der Waals surface area contributed by atoms with Crippen molar-refractivity contribution in [1.82, 2.24) is 9.55 Å². The van der Waals surface area contributed by atoms with Gasteiger partial charge in [-0.05, 0) is 25.1 Å². The van der Waals surface area contributed by atoms with Gasteiger partial charge < -0.3 is 9.88 Å². The fourth-order valence-electron chi connectivity index (χ4n) is 1.74. The molecule has 0 aliphatic heterocycles. The molecule has 2 rings (SSSR count). The van der Waals surface area contributed by atoms with Crippen LogP contribution >= 0.6 is 11.6 Å². The number of halogens is 1. The summed E-state index contributed by atoms with van der Waals surface area (Å²) >= 11 is 5.98. The van der Waals surface area contributed by atoms with Crippen LogP contribution in [0.5, 0.6) is 0 Å². The first-order valence-corrected chi connectivity index (χ1v) is 5.99. The highest BCUT2D eigenvalue weighted by atomic mass is 35.5. The molecule has 2 aromatic rings. The highest BCUT2D eigenvalue weighted by Gasteiger charge is 2.05. The first-order chi connectivity index (χ1) is 8.69. The molecule has 1 heterocycles. The quantitative estimate of drug-likeness (QED) is 0.920. The van der Waals surface area contributed by atoms with Crippen LogP contribution in [0.15, 0.2) is 36.9 Å². The zero-order valence-electron chi connectivity index (χ0n) is 9.97. The third kappa shape index (κ3) is 3.02. The van der Waals surface area contributed by atoms with Crippen LogP contribution in [0, 0.1) is 11.3 Å². The summed E-state index contributed by atoms with van der Waals surface area (Å²) in [6, 6.07) is 7.62. The molecule has 0 fully saturated rings. The largest absolute Gasteiger partial charge is 0.381 e. The molecule has 0 aliphatic carbocycles. The first kappa shape index (κ1) is 12.5. The molecule has 1 unspecified atom stereocenters. The third-order valence-corrected chi connectivity index (χ3v) is 2.86. The summed E-state index contributed by atoms with van der Waals surface area (Å²) in [7, 11) is 0. The van der Waals surface area contributed by atoms with Gasteiger partial charge in [-0.1, -0.05) is 11.6 Å². The number of nitriles is 1. The Balaban J connectivity index is 2.01. The number of nitrogens with one attached hydrogen (secondary N) is 1. The lowest BCUT2D eigenvalue weighted by molar-refractivity contribution is 0.619. The summed E-state index contributed by atoms with van der Waals surface area (Å²) in [5.41, 5.74) is 1.40. The van der Waals surface area contributed by atoms with E-state index in [-0.39, 0.29) is 6.04 Å². The highest BCUT2D eigenvalue weighted by Crippen LogP contribution is 2.20. The maximum absolute atomic E-state index is 8.80. The van der Waals surface area contributed by atoms with Crippen molar-refractivity contribution in [2.45, 2.75) is 19.5 Å². The van der Waals surface area contributed by atoms with Crippen LogP contribution in [0.25, 0.3) is 0 Å². The minimum Gasteiger partial charge on any atom is -0.381 e. The Hall–Kier alpha value is -1.99. The Morgan fingerprint density at radius 1 is 1.56 bits per heavy atom. The number of imidazole rings is 1. The second-order valence-electron chi connectivity index (χ2n) is 4.11. The maximum atomic E-state index is 8.80. The molecular weight excluding hydrogens is 248 g/mol. The van der Waals surface area contributed by atoms with Gasteiger partial charge in [-0.3, -0.25) is 0 Å². The van der Waals surface area contributed by atoms with Crippen LogP contribution in [0.4, 0.5) is 5.69 Å². The number of benzene rings is 1. The Bertz CT molecular complexity index is 557. The topological polar surface area (TPSA) is 53.6 Å². The molecule has 1 N–H and O–H groups in total. The number of aromatic nitrogens is 2. The maximum Gasteiger partial charge on any atom is 0.101 e. The fourth-order valence-corrected chi connectivity index (χ4v) is 1.96. The van der Waals surface area contributed by atoms with E-state index in [0.29, 0.717) is 10.6 Å². The summed E-state index contributed by atoms with van der Waals surface area (Å²) in [5, 5.41) is 12.6. The molecule has 5 heteroatoms. The number of hydrogen-bond acceptors (Lipinski definition) is 3. The van der Waals surface area contributed by atoms with Gasteiger partial charge in [0.25, 0.3) is 0 Å². The number of nitrogens with zero attached hydrogens (tertiary/aromatic N) is 3. The molecule has 1 atom stereocenters. The predicted octanol–water partition coefficient (Wildman–Crippen LogP) is 2.91. The number of hydrogen-bond donors (Lipinski definition) is 1. The average molecular weight is 261 g/mol. The standard InChI is InChI=1S/C13H13ClN4/c1-10(8-18-5-4-16-9-18)17-12-3-2-11(7-15)13(14)6-12/h2-6,9-10,17H,8H2,1H3. The molecule has 0 aliphatic rings. The van der Waals surface area contributed by atoms with Crippen molar-refractivity contribution in [3.05, 3.63) is 47.5 Å². The SMILES string of the molecule is CC(Cn1ccnc1)Nc1ccc(C#N)c(Cl)c1. The summed E-state index contributed by atoms with van der Waals surface area (Å²) in [6.45, 7) is 2.89. The normalized spacial score (nSPS) is 11.8. The molecule has 18 heavy (non-hydrogen) atoms. The lowest BCUT2D eigenvalue weighted by Gasteiger charge is -2.16.